The van der Waals surface area contributed by atoms with Crippen LogP contribution in [0.25, 0.3) is 0 Å². The minimum absolute atomic E-state index is 0.0552. The lowest BCUT2D eigenvalue weighted by molar-refractivity contribution is -0.151. The number of hydrogen-bond acceptors (Lipinski definition) is 2. The summed E-state index contributed by atoms with van der Waals surface area (Å²) in [6.45, 7) is 7.04. The second-order valence-corrected chi connectivity index (χ2v) is 4.87. The van der Waals surface area contributed by atoms with Crippen LogP contribution < -0.4 is 0 Å². The van der Waals surface area contributed by atoms with Gasteiger partial charge in [0.2, 0.25) is 0 Å². The van der Waals surface area contributed by atoms with E-state index >= 15 is 0 Å². The maximum absolute atomic E-state index is 11.7. The van der Waals surface area contributed by atoms with Crippen molar-refractivity contribution in [3.8, 4) is 0 Å². The second kappa shape index (κ2) is 4.81. The lowest BCUT2D eigenvalue weighted by Crippen LogP contribution is -2.21. The molecule has 14 heavy (non-hydrogen) atoms. The fraction of sp³-hybridized carbons (Fsp3) is 0.917. The van der Waals surface area contributed by atoms with Crippen molar-refractivity contribution in [2.45, 2.75) is 52.9 Å². The maximum atomic E-state index is 11.7. The molecule has 0 radical (unpaired) electrons. The normalized spacial score (nSPS) is 18.3. The van der Waals surface area contributed by atoms with Crippen molar-refractivity contribution in [1.82, 2.24) is 0 Å². The molecule has 2 nitrogen and oxygen atoms in total. The van der Waals surface area contributed by atoms with Gasteiger partial charge in [-0.05, 0) is 31.6 Å². The minimum atomic E-state index is -0.0814. The third-order valence-electron chi connectivity index (χ3n) is 2.82. The van der Waals surface area contributed by atoms with Gasteiger partial charge in [-0.25, -0.2) is 0 Å². The highest BCUT2D eigenvalue weighted by atomic mass is 16.5. The topological polar surface area (TPSA) is 26.3 Å². The van der Waals surface area contributed by atoms with E-state index in [4.69, 9.17) is 4.74 Å². The number of rotatable bonds is 6. The van der Waals surface area contributed by atoms with Crippen molar-refractivity contribution in [3.05, 3.63) is 0 Å². The molecule has 0 aromatic rings. The Bertz CT molecular complexity index is 192. The molecule has 1 fully saturated rings. The van der Waals surface area contributed by atoms with Gasteiger partial charge in [0, 0.05) is 0 Å². The van der Waals surface area contributed by atoms with E-state index in [1.165, 1.54) is 0 Å². The largest absolute Gasteiger partial charge is 0.465 e. The van der Waals surface area contributed by atoms with E-state index in [1.807, 2.05) is 0 Å². The molecule has 1 saturated carbocycles. The summed E-state index contributed by atoms with van der Waals surface area (Å²) in [5, 5.41) is 0. The molecule has 0 saturated heterocycles. The van der Waals surface area contributed by atoms with Crippen LogP contribution >= 0.6 is 0 Å². The van der Waals surface area contributed by atoms with Crippen molar-refractivity contribution in [2.24, 2.45) is 11.3 Å². The smallest absolute Gasteiger partial charge is 0.312 e. The van der Waals surface area contributed by atoms with Gasteiger partial charge in [-0.3, -0.25) is 4.79 Å². The van der Waals surface area contributed by atoms with Crippen LogP contribution in [0, 0.1) is 11.3 Å². The Morgan fingerprint density at radius 2 is 2.07 bits per heavy atom. The number of hydrogen-bond donors (Lipinski definition) is 0. The quantitative estimate of drug-likeness (QED) is 0.484. The highest BCUT2D eigenvalue weighted by Crippen LogP contribution is 2.51. The molecule has 0 aromatic carbocycles. The summed E-state index contributed by atoms with van der Waals surface area (Å²) in [4.78, 5) is 11.7. The molecule has 1 rings (SSSR count). The van der Waals surface area contributed by atoms with Crippen LogP contribution in [0.3, 0.4) is 0 Å². The van der Waals surface area contributed by atoms with E-state index in [1.54, 1.807) is 0 Å². The first-order chi connectivity index (χ1) is 6.60. The van der Waals surface area contributed by atoms with Crippen LogP contribution in [0.1, 0.15) is 52.9 Å². The molecular formula is C12H22O2. The highest BCUT2D eigenvalue weighted by Gasteiger charge is 2.51. The molecule has 2 heteroatoms. The zero-order chi connectivity index (χ0) is 10.6. The van der Waals surface area contributed by atoms with Gasteiger partial charge < -0.3 is 4.74 Å². The van der Waals surface area contributed by atoms with E-state index in [0.29, 0.717) is 12.5 Å². The Morgan fingerprint density at radius 3 is 2.50 bits per heavy atom. The molecule has 0 unspecified atom stereocenters. The van der Waals surface area contributed by atoms with Crippen LogP contribution in [-0.4, -0.2) is 12.6 Å². The first-order valence-corrected chi connectivity index (χ1v) is 5.78. The molecule has 82 valence electrons. The Morgan fingerprint density at radius 1 is 1.43 bits per heavy atom. The van der Waals surface area contributed by atoms with Crippen molar-refractivity contribution in [3.63, 3.8) is 0 Å². The molecular weight excluding hydrogens is 176 g/mol. The molecule has 1 aliphatic carbocycles. The first-order valence-electron chi connectivity index (χ1n) is 5.78. The van der Waals surface area contributed by atoms with Crippen molar-refractivity contribution >= 4 is 5.97 Å². The van der Waals surface area contributed by atoms with E-state index in [-0.39, 0.29) is 11.4 Å². The fourth-order valence-electron chi connectivity index (χ4n) is 1.89. The molecule has 0 heterocycles. The van der Waals surface area contributed by atoms with Crippen LogP contribution in [-0.2, 0) is 9.53 Å². The zero-order valence-corrected chi connectivity index (χ0v) is 9.64. The van der Waals surface area contributed by atoms with E-state index in [0.717, 1.165) is 32.1 Å². The predicted octanol–water partition coefficient (Wildman–Crippen LogP) is 3.16. The van der Waals surface area contributed by atoms with E-state index < -0.39 is 0 Å². The summed E-state index contributed by atoms with van der Waals surface area (Å²) in [7, 11) is 0. The molecule has 0 atom stereocenters. The highest BCUT2D eigenvalue weighted by molar-refractivity contribution is 5.79. The number of carbonyl (C=O) groups excluding carboxylic acids is 1. The third-order valence-corrected chi connectivity index (χ3v) is 2.82. The molecule has 0 N–H and O–H groups in total. The average molecular weight is 198 g/mol. The van der Waals surface area contributed by atoms with Gasteiger partial charge in [-0.1, -0.05) is 27.2 Å². The summed E-state index contributed by atoms with van der Waals surface area (Å²) in [5.41, 5.74) is -0.0814. The molecule has 0 bridgehead atoms. The van der Waals surface area contributed by atoms with Crippen LogP contribution in [0.4, 0.5) is 0 Å². The Kier molecular flexibility index (Phi) is 3.97. The fourth-order valence-corrected chi connectivity index (χ4v) is 1.89. The number of carbonyl (C=O) groups is 1. The van der Waals surface area contributed by atoms with Gasteiger partial charge in [0.15, 0.2) is 0 Å². The minimum Gasteiger partial charge on any atom is -0.465 e. The van der Waals surface area contributed by atoms with Crippen molar-refractivity contribution < 1.29 is 9.53 Å². The van der Waals surface area contributed by atoms with Crippen molar-refractivity contribution in [1.29, 1.82) is 0 Å². The van der Waals surface area contributed by atoms with Gasteiger partial charge in [0.05, 0.1) is 12.0 Å². The van der Waals surface area contributed by atoms with E-state index in [2.05, 4.69) is 20.8 Å². The summed E-state index contributed by atoms with van der Waals surface area (Å²) >= 11 is 0. The number of esters is 1. The van der Waals surface area contributed by atoms with Crippen LogP contribution in [0.15, 0.2) is 0 Å². The van der Waals surface area contributed by atoms with E-state index in [9.17, 15) is 4.79 Å². The van der Waals surface area contributed by atoms with Crippen LogP contribution in [0.5, 0.6) is 0 Å². The second-order valence-electron chi connectivity index (χ2n) is 4.87. The number of ether oxygens (including phenoxy) is 1. The first kappa shape index (κ1) is 11.5. The summed E-state index contributed by atoms with van der Waals surface area (Å²) in [6, 6.07) is 0. The lowest BCUT2D eigenvalue weighted by Gasteiger charge is -2.16. The predicted molar refractivity (Wildman–Crippen MR) is 57.0 cm³/mol. The SMILES string of the molecule is CCCCOC(=O)C1(CC(C)C)CC1. The maximum Gasteiger partial charge on any atom is 0.312 e. The number of unbranched alkanes of at least 4 members (excludes halogenated alkanes) is 1. The molecule has 0 aliphatic heterocycles. The van der Waals surface area contributed by atoms with Gasteiger partial charge in [-0.2, -0.15) is 0 Å². The van der Waals surface area contributed by atoms with Crippen molar-refractivity contribution in [2.75, 3.05) is 6.61 Å². The van der Waals surface area contributed by atoms with Crippen LogP contribution in [0.2, 0.25) is 0 Å². The molecule has 0 spiro atoms. The summed E-state index contributed by atoms with van der Waals surface area (Å²) in [5.74, 6) is 0.649. The van der Waals surface area contributed by atoms with Gasteiger partial charge >= 0.3 is 5.97 Å². The molecule has 1 aliphatic rings. The average Bonchev–Trinajstić information content (AvgIpc) is 2.85. The van der Waals surface area contributed by atoms with Gasteiger partial charge in [0.1, 0.15) is 0 Å². The van der Waals surface area contributed by atoms with Gasteiger partial charge in [0.25, 0.3) is 0 Å². The zero-order valence-electron chi connectivity index (χ0n) is 9.64. The summed E-state index contributed by atoms with van der Waals surface area (Å²) in [6.07, 6.45) is 5.15. The van der Waals surface area contributed by atoms with Gasteiger partial charge in [-0.15, -0.1) is 0 Å². The summed E-state index contributed by atoms with van der Waals surface area (Å²) < 4.78 is 5.27. The monoisotopic (exact) mass is 198 g/mol. The Labute approximate surface area is 87.0 Å². The molecule has 0 aromatic heterocycles. The molecule has 0 amide bonds. The Balaban J connectivity index is 2.29. The lowest BCUT2D eigenvalue weighted by atomic mass is 9.94. The standard InChI is InChI=1S/C12H22O2/c1-4-5-8-14-11(13)12(6-7-12)9-10(2)3/h10H,4-9H2,1-3H3. The Hall–Kier alpha value is -0.530. The third kappa shape index (κ3) is 3.00.